The number of fused-ring (bicyclic) bond motifs is 3. The summed E-state index contributed by atoms with van der Waals surface area (Å²) in [5.74, 6) is -3.33. The van der Waals surface area contributed by atoms with E-state index < -0.39 is 54.2 Å². The van der Waals surface area contributed by atoms with Gasteiger partial charge < -0.3 is 33.2 Å². The maximum absolute atomic E-state index is 12.8. The van der Waals surface area contributed by atoms with E-state index in [1.165, 1.54) is 4.68 Å². The predicted molar refractivity (Wildman–Crippen MR) is 105 cm³/mol. The van der Waals surface area contributed by atoms with Crippen LogP contribution in [0, 0.1) is 0 Å². The smallest absolute Gasteiger partial charge is 0.361 e. The van der Waals surface area contributed by atoms with Crippen LogP contribution in [0.3, 0.4) is 0 Å². The molecule has 32 heavy (non-hydrogen) atoms. The summed E-state index contributed by atoms with van der Waals surface area (Å²) in [6, 6.07) is 0. The third kappa shape index (κ3) is 4.13. The Balaban J connectivity index is 1.74. The number of aromatic nitrogens is 3. The van der Waals surface area contributed by atoms with Crippen molar-refractivity contribution in [1.29, 1.82) is 0 Å². The SMILES string of the molecule is CCOC(=O)c1nnn([C@@H]2O[C@@H]3COC(C)(C)O[C@H]3[C@@H]3OC(C)(C)O[C@@H]32)c1C(=O)OCC. The van der Waals surface area contributed by atoms with Crippen LogP contribution in [0.25, 0.3) is 0 Å². The summed E-state index contributed by atoms with van der Waals surface area (Å²) in [6.07, 6.45) is -3.20. The Morgan fingerprint density at radius 1 is 0.969 bits per heavy atom. The lowest BCUT2D eigenvalue weighted by atomic mass is 9.96. The van der Waals surface area contributed by atoms with Crippen LogP contribution in [0.2, 0.25) is 0 Å². The van der Waals surface area contributed by atoms with Crippen LogP contribution in [0.4, 0.5) is 0 Å². The molecule has 0 saturated carbocycles. The van der Waals surface area contributed by atoms with Gasteiger partial charge in [-0.15, -0.1) is 5.10 Å². The minimum Gasteiger partial charge on any atom is -0.461 e. The average Bonchev–Trinajstić information content (AvgIpc) is 3.28. The van der Waals surface area contributed by atoms with E-state index in [1.54, 1.807) is 27.7 Å². The highest BCUT2D eigenvalue weighted by Crippen LogP contribution is 2.45. The Labute approximate surface area is 185 Å². The Hall–Kier alpha value is -2.12. The molecule has 0 aliphatic carbocycles. The third-order valence-corrected chi connectivity index (χ3v) is 5.34. The van der Waals surface area contributed by atoms with Crippen LogP contribution in [0.15, 0.2) is 0 Å². The van der Waals surface area contributed by atoms with Crippen molar-refractivity contribution in [3.63, 3.8) is 0 Å². The average molecular weight is 455 g/mol. The van der Waals surface area contributed by atoms with E-state index in [4.69, 9.17) is 33.2 Å². The lowest BCUT2D eigenvalue weighted by molar-refractivity contribution is -0.355. The van der Waals surface area contributed by atoms with Gasteiger partial charge in [-0.2, -0.15) is 0 Å². The second-order valence-electron chi connectivity index (χ2n) is 8.60. The summed E-state index contributed by atoms with van der Waals surface area (Å²) in [4.78, 5) is 25.2. The Morgan fingerprint density at radius 3 is 2.28 bits per heavy atom. The van der Waals surface area contributed by atoms with Gasteiger partial charge in [0.1, 0.15) is 24.4 Å². The van der Waals surface area contributed by atoms with Crippen LogP contribution < -0.4 is 0 Å². The molecule has 0 amide bonds. The fraction of sp³-hybridized carbons (Fsp3) is 0.800. The van der Waals surface area contributed by atoms with Crippen LogP contribution in [0.1, 0.15) is 68.7 Å². The molecule has 3 fully saturated rings. The summed E-state index contributed by atoms with van der Waals surface area (Å²) >= 11 is 0. The quantitative estimate of drug-likeness (QED) is 0.594. The molecule has 12 nitrogen and oxygen atoms in total. The molecule has 4 rings (SSSR count). The molecule has 3 saturated heterocycles. The van der Waals surface area contributed by atoms with Gasteiger partial charge in [-0.05, 0) is 41.5 Å². The van der Waals surface area contributed by atoms with Crippen LogP contribution in [-0.2, 0) is 33.2 Å². The van der Waals surface area contributed by atoms with Gasteiger partial charge >= 0.3 is 11.9 Å². The monoisotopic (exact) mass is 455 g/mol. The fourth-order valence-corrected chi connectivity index (χ4v) is 4.15. The molecule has 178 valence electrons. The Kier molecular flexibility index (Phi) is 6.01. The number of ether oxygens (including phenoxy) is 7. The second kappa shape index (κ2) is 8.34. The van der Waals surface area contributed by atoms with Crippen molar-refractivity contribution < 1.29 is 42.7 Å². The zero-order valence-electron chi connectivity index (χ0n) is 19.0. The molecule has 0 bridgehead atoms. The molecule has 1 aromatic heterocycles. The number of esters is 2. The standard InChI is InChI=1S/C20H29N3O9/c1-7-26-17(24)11-12(18(25)27-8-2)23(22-21-11)16-15-14(31-20(5,6)32-15)13-10(29-16)9-28-19(3,4)30-13/h10,13-16H,7-9H2,1-6H3/t10-,13-,14+,15+,16-/m1/s1. The highest BCUT2D eigenvalue weighted by molar-refractivity contribution is 6.00. The van der Waals surface area contributed by atoms with Crippen molar-refractivity contribution in [2.24, 2.45) is 0 Å². The first kappa shape index (κ1) is 23.1. The molecule has 12 heteroatoms. The van der Waals surface area contributed by atoms with E-state index in [1.807, 2.05) is 13.8 Å². The van der Waals surface area contributed by atoms with Gasteiger partial charge in [-0.1, -0.05) is 5.21 Å². The Bertz CT molecular complexity index is 884. The summed E-state index contributed by atoms with van der Waals surface area (Å²) in [6.45, 7) is 10.9. The van der Waals surface area contributed by atoms with Crippen LogP contribution in [-0.4, -0.2) is 82.7 Å². The number of hydrogen-bond acceptors (Lipinski definition) is 11. The highest BCUT2D eigenvalue weighted by Gasteiger charge is 2.59. The first-order valence-electron chi connectivity index (χ1n) is 10.7. The zero-order valence-corrected chi connectivity index (χ0v) is 19.0. The molecular formula is C20H29N3O9. The highest BCUT2D eigenvalue weighted by atomic mass is 16.8. The zero-order chi connectivity index (χ0) is 23.3. The second-order valence-corrected chi connectivity index (χ2v) is 8.60. The molecule has 3 aliphatic heterocycles. The summed E-state index contributed by atoms with van der Waals surface area (Å²) in [5, 5.41) is 7.93. The van der Waals surface area contributed by atoms with E-state index >= 15 is 0 Å². The topological polar surface area (TPSA) is 129 Å². The summed E-state index contributed by atoms with van der Waals surface area (Å²) in [5.41, 5.74) is -0.443. The van der Waals surface area contributed by atoms with Gasteiger partial charge in [0.05, 0.1) is 19.8 Å². The molecule has 0 aromatic carbocycles. The van der Waals surface area contributed by atoms with E-state index in [0.29, 0.717) is 0 Å². The van der Waals surface area contributed by atoms with Gasteiger partial charge in [0.15, 0.2) is 23.5 Å². The molecule has 0 radical (unpaired) electrons. The molecule has 1 aromatic rings. The molecule has 0 unspecified atom stereocenters. The summed E-state index contributed by atoms with van der Waals surface area (Å²) < 4.78 is 41.8. The lowest BCUT2D eigenvalue weighted by Gasteiger charge is -2.48. The van der Waals surface area contributed by atoms with E-state index in [2.05, 4.69) is 10.3 Å². The maximum Gasteiger partial charge on any atom is 0.361 e. The van der Waals surface area contributed by atoms with E-state index in [9.17, 15) is 9.59 Å². The van der Waals surface area contributed by atoms with Crippen molar-refractivity contribution in [3.8, 4) is 0 Å². The van der Waals surface area contributed by atoms with Crippen molar-refractivity contribution in [3.05, 3.63) is 11.4 Å². The fourth-order valence-electron chi connectivity index (χ4n) is 4.15. The minimum absolute atomic E-state index is 0.0952. The van der Waals surface area contributed by atoms with Crippen molar-refractivity contribution in [2.75, 3.05) is 19.8 Å². The number of rotatable bonds is 5. The normalized spacial score (nSPS) is 32.6. The lowest BCUT2D eigenvalue weighted by Crippen LogP contribution is -2.62. The summed E-state index contributed by atoms with van der Waals surface area (Å²) in [7, 11) is 0. The molecule has 5 atom stereocenters. The van der Waals surface area contributed by atoms with Gasteiger partial charge in [0.2, 0.25) is 5.69 Å². The van der Waals surface area contributed by atoms with E-state index in [0.717, 1.165) is 0 Å². The van der Waals surface area contributed by atoms with Crippen LogP contribution in [0.5, 0.6) is 0 Å². The molecule has 4 heterocycles. The minimum atomic E-state index is -0.952. The molecule has 3 aliphatic rings. The predicted octanol–water partition coefficient (Wildman–Crippen LogP) is 1.20. The number of carbonyl (C=O) groups excluding carboxylic acids is 2. The number of carbonyl (C=O) groups is 2. The largest absolute Gasteiger partial charge is 0.461 e. The maximum atomic E-state index is 12.8. The van der Waals surface area contributed by atoms with Gasteiger partial charge in [0.25, 0.3) is 0 Å². The van der Waals surface area contributed by atoms with Crippen LogP contribution >= 0.6 is 0 Å². The number of nitrogens with zero attached hydrogens (tertiary/aromatic N) is 3. The van der Waals surface area contributed by atoms with Gasteiger partial charge in [-0.3, -0.25) is 0 Å². The first-order chi connectivity index (χ1) is 15.1. The Morgan fingerprint density at radius 2 is 1.59 bits per heavy atom. The van der Waals surface area contributed by atoms with Crippen molar-refractivity contribution in [2.45, 2.75) is 83.8 Å². The molecule has 0 spiro atoms. The third-order valence-electron chi connectivity index (χ3n) is 5.34. The molecular weight excluding hydrogens is 426 g/mol. The van der Waals surface area contributed by atoms with Crippen molar-refractivity contribution in [1.82, 2.24) is 15.0 Å². The van der Waals surface area contributed by atoms with Gasteiger partial charge in [-0.25, -0.2) is 14.3 Å². The van der Waals surface area contributed by atoms with E-state index in [-0.39, 0.29) is 31.2 Å². The number of hydrogen-bond donors (Lipinski definition) is 0. The first-order valence-corrected chi connectivity index (χ1v) is 10.7. The molecule has 0 N–H and O–H groups in total. The van der Waals surface area contributed by atoms with Crippen molar-refractivity contribution >= 4 is 11.9 Å². The van der Waals surface area contributed by atoms with Gasteiger partial charge in [0, 0.05) is 0 Å².